The predicted molar refractivity (Wildman–Crippen MR) is 79.5 cm³/mol. The lowest BCUT2D eigenvalue weighted by atomic mass is 9.83. The van der Waals surface area contributed by atoms with Gasteiger partial charge in [0.25, 0.3) is 0 Å². The molecule has 1 atom stereocenters. The summed E-state index contributed by atoms with van der Waals surface area (Å²) in [6.07, 6.45) is 4.19. The largest absolute Gasteiger partial charge is 0.260 e. The molecule has 1 aromatic carbocycles. The minimum Gasteiger partial charge on any atom is -0.260 e. The van der Waals surface area contributed by atoms with Gasteiger partial charge in [0.2, 0.25) is 0 Å². The molecule has 2 aromatic rings. The topological polar surface area (TPSA) is 12.9 Å². The van der Waals surface area contributed by atoms with Crippen molar-refractivity contribution in [3.63, 3.8) is 0 Å². The molecular formula is C18H21N. The van der Waals surface area contributed by atoms with E-state index in [0.29, 0.717) is 11.8 Å². The van der Waals surface area contributed by atoms with Crippen molar-refractivity contribution in [1.29, 1.82) is 0 Å². The van der Waals surface area contributed by atoms with Crippen LogP contribution in [0.25, 0.3) is 0 Å². The molecule has 0 saturated carbocycles. The summed E-state index contributed by atoms with van der Waals surface area (Å²) in [5, 5.41) is 0. The number of fused-ring (bicyclic) bond motifs is 2. The van der Waals surface area contributed by atoms with Gasteiger partial charge in [0, 0.05) is 12.1 Å². The molecule has 1 aliphatic carbocycles. The van der Waals surface area contributed by atoms with Gasteiger partial charge in [0.1, 0.15) is 0 Å². The van der Waals surface area contributed by atoms with Gasteiger partial charge in [-0.3, -0.25) is 4.98 Å². The summed E-state index contributed by atoms with van der Waals surface area (Å²) < 4.78 is 0. The molecule has 1 nitrogen and oxygen atoms in total. The summed E-state index contributed by atoms with van der Waals surface area (Å²) in [6, 6.07) is 11.2. The first-order valence-electron chi connectivity index (χ1n) is 7.20. The lowest BCUT2D eigenvalue weighted by molar-refractivity contribution is 0.550. The van der Waals surface area contributed by atoms with Gasteiger partial charge in [-0.2, -0.15) is 0 Å². The molecule has 0 N–H and O–H groups in total. The second-order valence-electron chi connectivity index (χ2n) is 5.97. The van der Waals surface area contributed by atoms with Crippen LogP contribution in [0.1, 0.15) is 47.7 Å². The van der Waals surface area contributed by atoms with Gasteiger partial charge in [-0.25, -0.2) is 0 Å². The zero-order valence-corrected chi connectivity index (χ0v) is 12.0. The third-order valence-corrected chi connectivity index (χ3v) is 4.18. The maximum absolute atomic E-state index is 4.70. The smallest absolute Gasteiger partial charge is 0.0513 e. The third-order valence-electron chi connectivity index (χ3n) is 4.18. The van der Waals surface area contributed by atoms with Gasteiger partial charge in [0.15, 0.2) is 0 Å². The number of aryl methyl sites for hydroxylation is 3. The molecule has 0 amide bonds. The lowest BCUT2D eigenvalue weighted by Crippen LogP contribution is -2.12. The second-order valence-corrected chi connectivity index (χ2v) is 5.97. The van der Waals surface area contributed by atoms with E-state index in [4.69, 9.17) is 4.98 Å². The molecule has 3 rings (SSSR count). The van der Waals surface area contributed by atoms with Crippen molar-refractivity contribution in [2.45, 2.75) is 39.5 Å². The zero-order chi connectivity index (χ0) is 13.4. The van der Waals surface area contributed by atoms with Crippen molar-refractivity contribution in [2.75, 3.05) is 0 Å². The van der Waals surface area contributed by atoms with Crippen molar-refractivity contribution in [2.24, 2.45) is 5.92 Å². The molecule has 1 heterocycles. The predicted octanol–water partition coefficient (Wildman–Crippen LogP) is 4.28. The second kappa shape index (κ2) is 4.80. The SMILES string of the molecule is Cc1ccc2c(c1)CCc1cccnc1C2C(C)C. The van der Waals surface area contributed by atoms with Crippen LogP contribution in [0.2, 0.25) is 0 Å². The molecule has 1 unspecified atom stereocenters. The maximum atomic E-state index is 4.70. The van der Waals surface area contributed by atoms with E-state index >= 15 is 0 Å². The summed E-state index contributed by atoms with van der Waals surface area (Å²) in [6.45, 7) is 6.79. The highest BCUT2D eigenvalue weighted by Crippen LogP contribution is 2.37. The monoisotopic (exact) mass is 251 g/mol. The van der Waals surface area contributed by atoms with Crippen LogP contribution in [-0.2, 0) is 12.8 Å². The van der Waals surface area contributed by atoms with Crippen LogP contribution >= 0.6 is 0 Å². The molecule has 0 radical (unpaired) electrons. The molecule has 1 heteroatoms. The summed E-state index contributed by atoms with van der Waals surface area (Å²) in [7, 11) is 0. The van der Waals surface area contributed by atoms with E-state index in [2.05, 4.69) is 51.1 Å². The summed E-state index contributed by atoms with van der Waals surface area (Å²) in [5.74, 6) is 1.02. The van der Waals surface area contributed by atoms with Crippen molar-refractivity contribution in [1.82, 2.24) is 4.98 Å². The average Bonchev–Trinajstić information content (AvgIpc) is 2.55. The number of rotatable bonds is 1. The fourth-order valence-electron chi connectivity index (χ4n) is 3.29. The highest BCUT2D eigenvalue weighted by Gasteiger charge is 2.26. The minimum atomic E-state index is 0.439. The van der Waals surface area contributed by atoms with E-state index < -0.39 is 0 Å². The maximum Gasteiger partial charge on any atom is 0.0513 e. The Labute approximate surface area is 115 Å². The minimum absolute atomic E-state index is 0.439. The van der Waals surface area contributed by atoms with E-state index in [-0.39, 0.29) is 0 Å². The number of hydrogen-bond donors (Lipinski definition) is 0. The third kappa shape index (κ3) is 2.18. The molecule has 0 aliphatic heterocycles. The summed E-state index contributed by atoms with van der Waals surface area (Å²) in [5.41, 5.74) is 7.07. The fraction of sp³-hybridized carbons (Fsp3) is 0.389. The van der Waals surface area contributed by atoms with Crippen LogP contribution in [0, 0.1) is 12.8 Å². The molecule has 0 bridgehead atoms. The average molecular weight is 251 g/mol. The first kappa shape index (κ1) is 12.4. The highest BCUT2D eigenvalue weighted by molar-refractivity contribution is 5.43. The summed E-state index contributed by atoms with van der Waals surface area (Å²) >= 11 is 0. The zero-order valence-electron chi connectivity index (χ0n) is 12.0. The van der Waals surface area contributed by atoms with Gasteiger partial charge in [-0.15, -0.1) is 0 Å². The van der Waals surface area contributed by atoms with E-state index in [0.717, 1.165) is 12.8 Å². The first-order valence-corrected chi connectivity index (χ1v) is 7.20. The van der Waals surface area contributed by atoms with Crippen molar-refractivity contribution >= 4 is 0 Å². The van der Waals surface area contributed by atoms with Crippen LogP contribution in [0.3, 0.4) is 0 Å². The van der Waals surface area contributed by atoms with Crippen molar-refractivity contribution < 1.29 is 0 Å². The number of hydrogen-bond acceptors (Lipinski definition) is 1. The quantitative estimate of drug-likeness (QED) is 0.737. The van der Waals surface area contributed by atoms with Crippen molar-refractivity contribution in [3.05, 3.63) is 64.5 Å². The normalized spacial score (nSPS) is 17.8. The molecule has 0 saturated heterocycles. The van der Waals surface area contributed by atoms with Gasteiger partial charge in [0.05, 0.1) is 5.69 Å². The molecule has 98 valence electrons. The molecule has 1 aromatic heterocycles. The number of aromatic nitrogens is 1. The van der Waals surface area contributed by atoms with Crippen LogP contribution in [0.4, 0.5) is 0 Å². The fourth-order valence-corrected chi connectivity index (χ4v) is 3.29. The van der Waals surface area contributed by atoms with Crippen LogP contribution in [0.5, 0.6) is 0 Å². The number of nitrogens with zero attached hydrogens (tertiary/aromatic N) is 1. The number of benzene rings is 1. The first-order chi connectivity index (χ1) is 9.16. The molecular weight excluding hydrogens is 230 g/mol. The van der Waals surface area contributed by atoms with Gasteiger partial charge < -0.3 is 0 Å². The van der Waals surface area contributed by atoms with E-state index in [1.165, 1.54) is 27.9 Å². The van der Waals surface area contributed by atoms with Crippen LogP contribution < -0.4 is 0 Å². The Balaban J connectivity index is 2.21. The summed E-state index contributed by atoms with van der Waals surface area (Å²) in [4.78, 5) is 4.70. The standard InChI is InChI=1S/C18H21N/c1-12(2)17-16-9-6-13(3)11-15(16)8-7-14-5-4-10-19-18(14)17/h4-6,9-12,17H,7-8H2,1-3H3. The Morgan fingerprint density at radius 3 is 2.68 bits per heavy atom. The van der Waals surface area contributed by atoms with Crippen LogP contribution in [-0.4, -0.2) is 4.98 Å². The van der Waals surface area contributed by atoms with Crippen molar-refractivity contribution in [3.8, 4) is 0 Å². The van der Waals surface area contributed by atoms with E-state index in [1.54, 1.807) is 0 Å². The molecule has 0 spiro atoms. The Morgan fingerprint density at radius 2 is 1.89 bits per heavy atom. The van der Waals surface area contributed by atoms with Gasteiger partial charge in [-0.1, -0.05) is 43.7 Å². The Hall–Kier alpha value is -1.63. The van der Waals surface area contributed by atoms with E-state index in [9.17, 15) is 0 Å². The molecule has 19 heavy (non-hydrogen) atoms. The van der Waals surface area contributed by atoms with Crippen LogP contribution in [0.15, 0.2) is 36.5 Å². The lowest BCUT2D eigenvalue weighted by Gasteiger charge is -2.23. The Bertz CT molecular complexity index is 598. The molecule has 0 fully saturated rings. The number of pyridine rings is 1. The highest BCUT2D eigenvalue weighted by atomic mass is 14.7. The van der Waals surface area contributed by atoms with E-state index in [1.807, 2.05) is 6.20 Å². The molecule has 1 aliphatic rings. The Kier molecular flexibility index (Phi) is 3.14. The van der Waals surface area contributed by atoms with Gasteiger partial charge >= 0.3 is 0 Å². The Morgan fingerprint density at radius 1 is 1.11 bits per heavy atom. The van der Waals surface area contributed by atoms with Gasteiger partial charge in [-0.05, 0) is 48.4 Å².